The first kappa shape index (κ1) is 16.9. The minimum absolute atomic E-state index is 0.104. The fourth-order valence-electron chi connectivity index (χ4n) is 2.24. The number of anilines is 1. The number of aromatic nitrogens is 1. The monoisotopic (exact) mass is 352 g/mol. The SMILES string of the molecule is CC(=O)Nc1cccc(C(=O)OCc2csc(-c3ccccc3)n2)c1. The zero-order valence-electron chi connectivity index (χ0n) is 13.6. The van der Waals surface area contributed by atoms with E-state index in [9.17, 15) is 9.59 Å². The minimum atomic E-state index is -0.457. The van der Waals surface area contributed by atoms with Gasteiger partial charge in [0.05, 0.1) is 11.3 Å². The molecule has 126 valence electrons. The van der Waals surface area contributed by atoms with Crippen molar-refractivity contribution in [1.29, 1.82) is 0 Å². The van der Waals surface area contributed by atoms with Gasteiger partial charge in [-0.25, -0.2) is 9.78 Å². The van der Waals surface area contributed by atoms with Gasteiger partial charge in [0.25, 0.3) is 0 Å². The largest absolute Gasteiger partial charge is 0.456 e. The summed E-state index contributed by atoms with van der Waals surface area (Å²) in [6.07, 6.45) is 0. The van der Waals surface area contributed by atoms with Crippen LogP contribution in [0.25, 0.3) is 10.6 Å². The maximum absolute atomic E-state index is 12.2. The Morgan fingerprint density at radius 2 is 1.92 bits per heavy atom. The number of nitrogens with one attached hydrogen (secondary N) is 1. The smallest absolute Gasteiger partial charge is 0.338 e. The highest BCUT2D eigenvalue weighted by Crippen LogP contribution is 2.23. The Labute approximate surface area is 149 Å². The Balaban J connectivity index is 1.63. The van der Waals surface area contributed by atoms with Crippen molar-refractivity contribution >= 4 is 28.9 Å². The van der Waals surface area contributed by atoms with Gasteiger partial charge in [0, 0.05) is 23.6 Å². The highest BCUT2D eigenvalue weighted by atomic mass is 32.1. The molecule has 0 aliphatic carbocycles. The molecule has 0 saturated heterocycles. The molecule has 3 aromatic rings. The molecule has 1 aromatic heterocycles. The molecule has 6 heteroatoms. The van der Waals surface area contributed by atoms with E-state index < -0.39 is 5.97 Å². The summed E-state index contributed by atoms with van der Waals surface area (Å²) >= 11 is 1.51. The number of nitrogens with zero attached hydrogens (tertiary/aromatic N) is 1. The van der Waals surface area contributed by atoms with Gasteiger partial charge in [0.15, 0.2) is 0 Å². The van der Waals surface area contributed by atoms with Gasteiger partial charge in [0.2, 0.25) is 5.91 Å². The summed E-state index contributed by atoms with van der Waals surface area (Å²) < 4.78 is 5.32. The average Bonchev–Trinajstić information content (AvgIpc) is 3.09. The lowest BCUT2D eigenvalue weighted by Crippen LogP contribution is -2.09. The number of hydrogen-bond donors (Lipinski definition) is 1. The van der Waals surface area contributed by atoms with Gasteiger partial charge in [-0.3, -0.25) is 4.79 Å². The summed E-state index contributed by atoms with van der Waals surface area (Å²) in [4.78, 5) is 27.8. The van der Waals surface area contributed by atoms with Crippen LogP contribution in [0.5, 0.6) is 0 Å². The standard InChI is InChI=1S/C19H16N2O3S/c1-13(22)20-16-9-5-8-15(10-16)19(23)24-11-17-12-25-18(21-17)14-6-3-2-4-7-14/h2-10,12H,11H2,1H3,(H,20,22). The molecule has 0 bridgehead atoms. The third-order valence-corrected chi connectivity index (χ3v) is 4.28. The van der Waals surface area contributed by atoms with Crippen molar-refractivity contribution in [1.82, 2.24) is 4.98 Å². The Kier molecular flexibility index (Phi) is 5.20. The molecule has 0 unspecified atom stereocenters. The third kappa shape index (κ3) is 4.51. The summed E-state index contributed by atoms with van der Waals surface area (Å²) in [5.74, 6) is -0.650. The van der Waals surface area contributed by atoms with Crippen LogP contribution in [0.2, 0.25) is 0 Å². The number of carbonyl (C=O) groups is 2. The molecule has 0 aliphatic rings. The number of hydrogen-bond acceptors (Lipinski definition) is 5. The van der Waals surface area contributed by atoms with Gasteiger partial charge >= 0.3 is 5.97 Å². The average molecular weight is 352 g/mol. The lowest BCUT2D eigenvalue weighted by Gasteiger charge is -2.06. The maximum Gasteiger partial charge on any atom is 0.338 e. The van der Waals surface area contributed by atoms with E-state index in [1.807, 2.05) is 35.7 Å². The van der Waals surface area contributed by atoms with Crippen molar-refractivity contribution in [2.24, 2.45) is 0 Å². The molecular weight excluding hydrogens is 336 g/mol. The predicted octanol–water partition coefficient (Wildman–Crippen LogP) is 4.13. The number of rotatable bonds is 5. The van der Waals surface area contributed by atoms with Crippen LogP contribution in [0.15, 0.2) is 60.0 Å². The molecule has 0 fully saturated rings. The zero-order chi connectivity index (χ0) is 17.6. The second kappa shape index (κ2) is 7.72. The number of thiazole rings is 1. The molecule has 0 spiro atoms. The molecule has 2 aromatic carbocycles. The molecular formula is C19H16N2O3S. The lowest BCUT2D eigenvalue weighted by atomic mass is 10.2. The molecule has 1 N–H and O–H groups in total. The highest BCUT2D eigenvalue weighted by molar-refractivity contribution is 7.13. The van der Waals surface area contributed by atoms with Gasteiger partial charge in [-0.15, -0.1) is 11.3 Å². The summed E-state index contributed by atoms with van der Waals surface area (Å²) in [7, 11) is 0. The molecule has 25 heavy (non-hydrogen) atoms. The van der Waals surface area contributed by atoms with Gasteiger partial charge < -0.3 is 10.1 Å². The Morgan fingerprint density at radius 1 is 1.12 bits per heavy atom. The molecule has 1 amide bonds. The van der Waals surface area contributed by atoms with E-state index in [0.29, 0.717) is 16.9 Å². The second-order valence-corrected chi connectivity index (χ2v) is 6.21. The van der Waals surface area contributed by atoms with Crippen LogP contribution >= 0.6 is 11.3 Å². The fraction of sp³-hybridized carbons (Fsp3) is 0.105. The highest BCUT2D eigenvalue weighted by Gasteiger charge is 2.11. The number of carbonyl (C=O) groups excluding carboxylic acids is 2. The van der Waals surface area contributed by atoms with Crippen LogP contribution in [0, 0.1) is 0 Å². The van der Waals surface area contributed by atoms with Crippen LogP contribution in [-0.2, 0) is 16.1 Å². The third-order valence-electron chi connectivity index (χ3n) is 3.34. The Hall–Kier alpha value is -2.99. The summed E-state index contributed by atoms with van der Waals surface area (Å²) in [6.45, 7) is 1.52. The Morgan fingerprint density at radius 3 is 2.68 bits per heavy atom. The van der Waals surface area contributed by atoms with E-state index in [1.54, 1.807) is 24.3 Å². The number of esters is 1. The number of benzene rings is 2. The van der Waals surface area contributed by atoms with Crippen LogP contribution < -0.4 is 5.32 Å². The topological polar surface area (TPSA) is 68.3 Å². The molecule has 3 rings (SSSR count). The Bertz CT molecular complexity index is 890. The normalized spacial score (nSPS) is 10.3. The maximum atomic E-state index is 12.2. The van der Waals surface area contributed by atoms with E-state index in [0.717, 1.165) is 10.6 Å². The van der Waals surface area contributed by atoms with Gasteiger partial charge in [-0.1, -0.05) is 36.4 Å². The molecule has 5 nitrogen and oxygen atoms in total. The fourth-order valence-corrected chi connectivity index (χ4v) is 3.05. The first-order valence-electron chi connectivity index (χ1n) is 7.66. The van der Waals surface area contributed by atoms with Crippen molar-refractivity contribution in [3.8, 4) is 10.6 Å². The van der Waals surface area contributed by atoms with E-state index >= 15 is 0 Å². The van der Waals surface area contributed by atoms with Crippen LogP contribution in [0.1, 0.15) is 23.0 Å². The van der Waals surface area contributed by atoms with E-state index in [2.05, 4.69) is 10.3 Å². The van der Waals surface area contributed by atoms with E-state index in [4.69, 9.17) is 4.74 Å². The predicted molar refractivity (Wildman–Crippen MR) is 97.4 cm³/mol. The van der Waals surface area contributed by atoms with Crippen molar-refractivity contribution in [3.05, 3.63) is 71.2 Å². The summed E-state index contributed by atoms with van der Waals surface area (Å²) in [5, 5.41) is 5.40. The molecule has 1 heterocycles. The first-order valence-corrected chi connectivity index (χ1v) is 8.54. The molecule has 0 aliphatic heterocycles. The van der Waals surface area contributed by atoms with Crippen molar-refractivity contribution in [2.45, 2.75) is 13.5 Å². The van der Waals surface area contributed by atoms with Gasteiger partial charge in [-0.05, 0) is 18.2 Å². The van der Waals surface area contributed by atoms with Crippen molar-refractivity contribution in [3.63, 3.8) is 0 Å². The first-order chi connectivity index (χ1) is 12.1. The van der Waals surface area contributed by atoms with E-state index in [-0.39, 0.29) is 12.5 Å². The lowest BCUT2D eigenvalue weighted by molar-refractivity contribution is -0.114. The van der Waals surface area contributed by atoms with Crippen LogP contribution in [0.3, 0.4) is 0 Å². The number of ether oxygens (including phenoxy) is 1. The summed E-state index contributed by atoms with van der Waals surface area (Å²) in [6, 6.07) is 16.5. The van der Waals surface area contributed by atoms with Gasteiger partial charge in [0.1, 0.15) is 11.6 Å². The summed E-state index contributed by atoms with van der Waals surface area (Å²) in [5.41, 5.74) is 2.68. The van der Waals surface area contributed by atoms with Crippen LogP contribution in [0.4, 0.5) is 5.69 Å². The second-order valence-electron chi connectivity index (χ2n) is 5.35. The minimum Gasteiger partial charge on any atom is -0.456 e. The van der Waals surface area contributed by atoms with Gasteiger partial charge in [-0.2, -0.15) is 0 Å². The molecule has 0 atom stereocenters. The quantitative estimate of drug-likeness (QED) is 0.701. The van der Waals surface area contributed by atoms with Crippen molar-refractivity contribution in [2.75, 3.05) is 5.32 Å². The number of amides is 1. The molecule has 0 saturated carbocycles. The van der Waals surface area contributed by atoms with Crippen molar-refractivity contribution < 1.29 is 14.3 Å². The zero-order valence-corrected chi connectivity index (χ0v) is 14.4. The van der Waals surface area contributed by atoms with Crippen LogP contribution in [-0.4, -0.2) is 16.9 Å². The molecule has 0 radical (unpaired) electrons. The van der Waals surface area contributed by atoms with E-state index in [1.165, 1.54) is 18.3 Å².